The van der Waals surface area contributed by atoms with Crippen LogP contribution in [0.2, 0.25) is 0 Å². The van der Waals surface area contributed by atoms with Gasteiger partial charge in [0.05, 0.1) is 10.1 Å². The Labute approximate surface area is 165 Å². The molecule has 1 aromatic carbocycles. The maximum Gasteiger partial charge on any atom is 0.226 e. The molecule has 0 bridgehead atoms. The Hall–Kier alpha value is -2.22. The minimum absolute atomic E-state index is 0.130. The Kier molecular flexibility index (Phi) is 6.49. The molecule has 1 aromatic heterocycles. The fourth-order valence-corrected chi connectivity index (χ4v) is 5.20. The maximum absolute atomic E-state index is 12.6. The van der Waals surface area contributed by atoms with Crippen molar-refractivity contribution in [1.82, 2.24) is 10.1 Å². The SMILES string of the molecule is CC(C)c1noc(CCCC(=O)Nc2ccc(S(=O)(=O)C3CCCC3)cc2)n1. The Balaban J connectivity index is 1.48. The van der Waals surface area contributed by atoms with Gasteiger partial charge in [-0.25, -0.2) is 8.42 Å². The molecule has 0 atom stereocenters. The van der Waals surface area contributed by atoms with Crippen molar-refractivity contribution >= 4 is 21.4 Å². The monoisotopic (exact) mass is 405 g/mol. The van der Waals surface area contributed by atoms with Gasteiger partial charge in [0.2, 0.25) is 11.8 Å². The predicted molar refractivity (Wildman–Crippen MR) is 106 cm³/mol. The molecule has 0 radical (unpaired) electrons. The zero-order valence-corrected chi connectivity index (χ0v) is 17.2. The number of carbonyl (C=O) groups excluding carboxylic acids is 1. The minimum Gasteiger partial charge on any atom is -0.339 e. The number of sulfone groups is 1. The molecule has 0 saturated heterocycles. The molecule has 1 aliphatic rings. The van der Waals surface area contributed by atoms with Crippen LogP contribution in [0.1, 0.15) is 70.0 Å². The van der Waals surface area contributed by atoms with E-state index in [0.717, 1.165) is 25.7 Å². The Bertz CT molecular complexity index is 898. The summed E-state index contributed by atoms with van der Waals surface area (Å²) in [7, 11) is -3.27. The number of hydrogen-bond acceptors (Lipinski definition) is 6. The summed E-state index contributed by atoms with van der Waals surface area (Å²) in [4.78, 5) is 16.7. The largest absolute Gasteiger partial charge is 0.339 e. The molecule has 1 fully saturated rings. The molecule has 0 unspecified atom stereocenters. The third kappa shape index (κ3) is 4.98. The third-order valence-corrected chi connectivity index (χ3v) is 7.28. The van der Waals surface area contributed by atoms with Gasteiger partial charge in [-0.3, -0.25) is 4.79 Å². The lowest BCUT2D eigenvalue weighted by Crippen LogP contribution is -2.18. The molecule has 1 heterocycles. The van der Waals surface area contributed by atoms with Crippen molar-refractivity contribution in [3.05, 3.63) is 36.0 Å². The number of aryl methyl sites for hydroxylation is 1. The number of aromatic nitrogens is 2. The van der Waals surface area contributed by atoms with Crippen LogP contribution in [-0.4, -0.2) is 29.7 Å². The van der Waals surface area contributed by atoms with Crippen molar-refractivity contribution in [2.24, 2.45) is 0 Å². The van der Waals surface area contributed by atoms with Gasteiger partial charge in [0.15, 0.2) is 15.7 Å². The molecular weight excluding hydrogens is 378 g/mol. The number of rotatable bonds is 8. The molecule has 1 saturated carbocycles. The second-order valence-electron chi connectivity index (χ2n) is 7.58. The van der Waals surface area contributed by atoms with Crippen molar-refractivity contribution in [3.63, 3.8) is 0 Å². The molecule has 7 nitrogen and oxygen atoms in total. The number of amides is 1. The number of nitrogens with one attached hydrogen (secondary N) is 1. The second-order valence-corrected chi connectivity index (χ2v) is 9.81. The van der Waals surface area contributed by atoms with Crippen LogP contribution in [-0.2, 0) is 21.1 Å². The van der Waals surface area contributed by atoms with Gasteiger partial charge in [-0.2, -0.15) is 4.98 Å². The predicted octanol–water partition coefficient (Wildman–Crippen LogP) is 3.87. The van der Waals surface area contributed by atoms with Crippen molar-refractivity contribution < 1.29 is 17.7 Å². The molecular formula is C20H27N3O4S. The number of carbonyl (C=O) groups is 1. The summed E-state index contributed by atoms with van der Waals surface area (Å²) in [6.45, 7) is 3.98. The zero-order chi connectivity index (χ0) is 20.1. The molecule has 152 valence electrons. The normalized spacial score (nSPS) is 15.2. The highest BCUT2D eigenvalue weighted by atomic mass is 32.2. The standard InChI is InChI=1S/C20H27N3O4S/c1-14(2)20-22-19(27-23-20)9-5-8-18(24)21-15-10-12-17(13-11-15)28(25,26)16-6-3-4-7-16/h10-14,16H,3-9H2,1-2H3,(H,21,24). The van der Waals surface area contributed by atoms with E-state index in [1.807, 2.05) is 13.8 Å². The highest BCUT2D eigenvalue weighted by molar-refractivity contribution is 7.92. The van der Waals surface area contributed by atoms with E-state index in [2.05, 4.69) is 15.5 Å². The van der Waals surface area contributed by atoms with Gasteiger partial charge in [0.1, 0.15) is 0 Å². The lowest BCUT2D eigenvalue weighted by molar-refractivity contribution is -0.116. The first-order valence-corrected chi connectivity index (χ1v) is 11.4. The lowest BCUT2D eigenvalue weighted by atomic mass is 10.2. The first-order chi connectivity index (χ1) is 13.4. The summed E-state index contributed by atoms with van der Waals surface area (Å²) in [5.74, 6) is 1.29. The van der Waals surface area contributed by atoms with E-state index >= 15 is 0 Å². The fraction of sp³-hybridized carbons (Fsp3) is 0.550. The Morgan fingerprint density at radius 2 is 1.89 bits per heavy atom. The molecule has 0 spiro atoms. The first kappa shape index (κ1) is 20.5. The summed E-state index contributed by atoms with van der Waals surface area (Å²) in [6, 6.07) is 6.45. The van der Waals surface area contributed by atoms with E-state index in [1.165, 1.54) is 0 Å². The van der Waals surface area contributed by atoms with Gasteiger partial charge in [-0.15, -0.1) is 0 Å². The molecule has 8 heteroatoms. The number of nitrogens with zero attached hydrogens (tertiary/aromatic N) is 2. The third-order valence-electron chi connectivity index (χ3n) is 5.00. The van der Waals surface area contributed by atoms with Gasteiger partial charge < -0.3 is 9.84 Å². The van der Waals surface area contributed by atoms with Crippen LogP contribution in [0.5, 0.6) is 0 Å². The van der Waals surface area contributed by atoms with Gasteiger partial charge in [0, 0.05) is 24.4 Å². The van der Waals surface area contributed by atoms with Crippen molar-refractivity contribution in [3.8, 4) is 0 Å². The second kappa shape index (κ2) is 8.86. The summed E-state index contributed by atoms with van der Waals surface area (Å²) < 4.78 is 30.3. The van der Waals surface area contributed by atoms with Crippen LogP contribution in [0, 0.1) is 0 Å². The van der Waals surface area contributed by atoms with E-state index in [1.54, 1.807) is 24.3 Å². The minimum atomic E-state index is -3.27. The molecule has 0 aliphatic heterocycles. The van der Waals surface area contributed by atoms with E-state index in [-0.39, 0.29) is 17.1 Å². The molecule has 28 heavy (non-hydrogen) atoms. The van der Waals surface area contributed by atoms with E-state index in [9.17, 15) is 13.2 Å². The van der Waals surface area contributed by atoms with Crippen LogP contribution in [0.4, 0.5) is 5.69 Å². The van der Waals surface area contributed by atoms with Crippen LogP contribution in [0.15, 0.2) is 33.7 Å². The Morgan fingerprint density at radius 1 is 1.21 bits per heavy atom. The smallest absolute Gasteiger partial charge is 0.226 e. The van der Waals surface area contributed by atoms with Crippen molar-refractivity contribution in [2.75, 3.05) is 5.32 Å². The average Bonchev–Trinajstić information content (AvgIpc) is 3.34. The molecule has 2 aromatic rings. The van der Waals surface area contributed by atoms with E-state index in [0.29, 0.717) is 41.6 Å². The van der Waals surface area contributed by atoms with Crippen LogP contribution >= 0.6 is 0 Å². The van der Waals surface area contributed by atoms with E-state index in [4.69, 9.17) is 4.52 Å². The van der Waals surface area contributed by atoms with Gasteiger partial charge in [-0.05, 0) is 43.5 Å². The van der Waals surface area contributed by atoms with Gasteiger partial charge in [-0.1, -0.05) is 31.8 Å². The summed E-state index contributed by atoms with van der Waals surface area (Å²) in [5.41, 5.74) is 0.593. The van der Waals surface area contributed by atoms with Crippen molar-refractivity contribution in [2.45, 2.75) is 74.9 Å². The molecule has 1 N–H and O–H groups in total. The highest BCUT2D eigenvalue weighted by Gasteiger charge is 2.30. The summed E-state index contributed by atoms with van der Waals surface area (Å²) in [6.07, 6.45) is 4.88. The van der Waals surface area contributed by atoms with Crippen LogP contribution in [0.25, 0.3) is 0 Å². The number of anilines is 1. The molecule has 1 amide bonds. The summed E-state index contributed by atoms with van der Waals surface area (Å²) in [5, 5.41) is 6.43. The van der Waals surface area contributed by atoms with E-state index < -0.39 is 9.84 Å². The highest BCUT2D eigenvalue weighted by Crippen LogP contribution is 2.30. The van der Waals surface area contributed by atoms with Crippen LogP contribution < -0.4 is 5.32 Å². The fourth-order valence-electron chi connectivity index (χ4n) is 3.35. The molecule has 1 aliphatic carbocycles. The lowest BCUT2D eigenvalue weighted by Gasteiger charge is -2.12. The Morgan fingerprint density at radius 3 is 2.50 bits per heavy atom. The van der Waals surface area contributed by atoms with Gasteiger partial charge >= 0.3 is 0 Å². The van der Waals surface area contributed by atoms with Crippen LogP contribution in [0.3, 0.4) is 0 Å². The number of benzene rings is 1. The molecule has 3 rings (SSSR count). The van der Waals surface area contributed by atoms with Crippen molar-refractivity contribution in [1.29, 1.82) is 0 Å². The first-order valence-electron chi connectivity index (χ1n) is 9.82. The average molecular weight is 406 g/mol. The zero-order valence-electron chi connectivity index (χ0n) is 16.3. The maximum atomic E-state index is 12.6. The quantitative estimate of drug-likeness (QED) is 0.715. The number of hydrogen-bond donors (Lipinski definition) is 1. The topological polar surface area (TPSA) is 102 Å². The summed E-state index contributed by atoms with van der Waals surface area (Å²) >= 11 is 0. The van der Waals surface area contributed by atoms with Gasteiger partial charge in [0.25, 0.3) is 0 Å².